The molecule has 0 unspecified atom stereocenters. The average molecular weight is 325 g/mol. The lowest BCUT2D eigenvalue weighted by atomic mass is 10.3. The van der Waals surface area contributed by atoms with Crippen LogP contribution in [0.5, 0.6) is 5.75 Å². The molecule has 1 fully saturated rings. The van der Waals surface area contributed by atoms with E-state index in [-0.39, 0.29) is 6.10 Å². The minimum Gasteiger partial charge on any atom is -0.489 e. The summed E-state index contributed by atoms with van der Waals surface area (Å²) < 4.78 is 32.6. The number of hydrogen-bond donors (Lipinski definition) is 1. The molecule has 1 N–H and O–H groups in total. The van der Waals surface area contributed by atoms with E-state index in [1.807, 2.05) is 0 Å². The third kappa shape index (κ3) is 3.52. The normalized spacial score (nSPS) is 20.7. The van der Waals surface area contributed by atoms with Gasteiger partial charge in [0.1, 0.15) is 11.9 Å². The number of nitrogens with one attached hydrogen (secondary N) is 1. The molecule has 1 aliphatic heterocycles. The molecular formula is C11H14Cl2N2O3S. The van der Waals surface area contributed by atoms with Gasteiger partial charge < -0.3 is 4.74 Å². The number of halogens is 2. The molecule has 1 aromatic rings. The molecule has 1 aliphatic rings. The Labute approximate surface area is 122 Å². The Morgan fingerprint density at radius 3 is 2.74 bits per heavy atom. The maximum Gasteiger partial charge on any atom is 0.279 e. The van der Waals surface area contributed by atoms with E-state index >= 15 is 0 Å². The molecule has 0 spiro atoms. The minimum absolute atomic E-state index is 0.180. The van der Waals surface area contributed by atoms with Crippen molar-refractivity contribution in [2.75, 3.05) is 20.1 Å². The lowest BCUT2D eigenvalue weighted by molar-refractivity contribution is 0.215. The van der Waals surface area contributed by atoms with E-state index in [1.165, 1.54) is 11.4 Å². The summed E-state index contributed by atoms with van der Waals surface area (Å²) in [7, 11) is -1.99. The quantitative estimate of drug-likeness (QED) is 0.920. The molecule has 1 atom stereocenters. The molecule has 0 amide bonds. The van der Waals surface area contributed by atoms with Gasteiger partial charge in [-0.2, -0.15) is 12.7 Å². The Kier molecular flexibility index (Phi) is 4.58. The van der Waals surface area contributed by atoms with Crippen molar-refractivity contribution >= 4 is 33.4 Å². The zero-order valence-electron chi connectivity index (χ0n) is 10.3. The first-order chi connectivity index (χ1) is 8.92. The molecule has 2 rings (SSSR count). The highest BCUT2D eigenvalue weighted by Gasteiger charge is 2.31. The van der Waals surface area contributed by atoms with Gasteiger partial charge in [-0.15, -0.1) is 0 Å². The topological polar surface area (TPSA) is 58.6 Å². The van der Waals surface area contributed by atoms with Crippen molar-refractivity contribution in [1.29, 1.82) is 0 Å². The van der Waals surface area contributed by atoms with Crippen LogP contribution in [0.15, 0.2) is 18.2 Å². The van der Waals surface area contributed by atoms with Gasteiger partial charge in [0.2, 0.25) is 0 Å². The predicted octanol–water partition coefficient (Wildman–Crippen LogP) is 1.91. The summed E-state index contributed by atoms with van der Waals surface area (Å²) in [6.07, 6.45) is 0.460. The van der Waals surface area contributed by atoms with Crippen LogP contribution in [0.3, 0.4) is 0 Å². The van der Waals surface area contributed by atoms with E-state index < -0.39 is 10.2 Å². The van der Waals surface area contributed by atoms with Crippen molar-refractivity contribution in [2.45, 2.75) is 12.5 Å². The van der Waals surface area contributed by atoms with Crippen LogP contribution in [0.1, 0.15) is 6.42 Å². The largest absolute Gasteiger partial charge is 0.489 e. The highest BCUT2D eigenvalue weighted by Crippen LogP contribution is 2.28. The summed E-state index contributed by atoms with van der Waals surface area (Å²) in [6, 6.07) is 4.98. The number of nitrogens with zero attached hydrogens (tertiary/aromatic N) is 1. The molecule has 1 aromatic carbocycles. The fraction of sp³-hybridized carbons (Fsp3) is 0.455. The van der Waals surface area contributed by atoms with Crippen LogP contribution < -0.4 is 9.46 Å². The minimum atomic E-state index is -3.38. The molecule has 19 heavy (non-hydrogen) atoms. The van der Waals surface area contributed by atoms with Crippen LogP contribution >= 0.6 is 23.2 Å². The SMILES string of the molecule is CNS(=O)(=O)N1CC[C@@H](Oc2ccc(Cl)c(Cl)c2)C1. The second-order valence-corrected chi connectivity index (χ2v) is 6.86. The molecule has 0 saturated carbocycles. The second kappa shape index (κ2) is 5.85. The fourth-order valence-electron chi connectivity index (χ4n) is 1.88. The van der Waals surface area contributed by atoms with Gasteiger partial charge in [-0.05, 0) is 18.6 Å². The van der Waals surface area contributed by atoms with Gasteiger partial charge in [-0.25, -0.2) is 4.72 Å². The van der Waals surface area contributed by atoms with Crippen molar-refractivity contribution in [1.82, 2.24) is 9.03 Å². The molecule has 0 bridgehead atoms. The van der Waals surface area contributed by atoms with Gasteiger partial charge in [0, 0.05) is 19.7 Å². The first-order valence-corrected chi connectivity index (χ1v) is 7.92. The van der Waals surface area contributed by atoms with Crippen LogP contribution in [0.2, 0.25) is 10.0 Å². The van der Waals surface area contributed by atoms with E-state index in [0.29, 0.717) is 35.3 Å². The standard InChI is InChI=1S/C11H14Cl2N2O3S/c1-14-19(16,17)15-5-4-9(7-15)18-8-2-3-10(12)11(13)6-8/h2-3,6,9,14H,4-5,7H2,1H3/t9-/m1/s1. The number of hydrogen-bond acceptors (Lipinski definition) is 3. The zero-order valence-corrected chi connectivity index (χ0v) is 12.6. The summed E-state index contributed by atoms with van der Waals surface area (Å²) in [5.74, 6) is 0.586. The monoisotopic (exact) mass is 324 g/mol. The van der Waals surface area contributed by atoms with Crippen molar-refractivity contribution in [2.24, 2.45) is 0 Å². The van der Waals surface area contributed by atoms with Gasteiger partial charge in [-0.1, -0.05) is 23.2 Å². The molecule has 1 saturated heterocycles. The van der Waals surface area contributed by atoms with E-state index in [4.69, 9.17) is 27.9 Å². The van der Waals surface area contributed by atoms with Crippen molar-refractivity contribution in [3.05, 3.63) is 28.2 Å². The third-order valence-electron chi connectivity index (χ3n) is 2.90. The summed E-state index contributed by atoms with van der Waals surface area (Å²) in [5.41, 5.74) is 0. The number of rotatable bonds is 4. The molecule has 0 aromatic heterocycles. The third-order valence-corrected chi connectivity index (χ3v) is 5.17. The van der Waals surface area contributed by atoms with E-state index in [1.54, 1.807) is 18.2 Å². The zero-order chi connectivity index (χ0) is 14.0. The first-order valence-electron chi connectivity index (χ1n) is 5.72. The lowest BCUT2D eigenvalue weighted by Crippen LogP contribution is -2.38. The van der Waals surface area contributed by atoms with Crippen molar-refractivity contribution in [3.63, 3.8) is 0 Å². The lowest BCUT2D eigenvalue weighted by Gasteiger charge is -2.16. The maximum absolute atomic E-state index is 11.6. The first kappa shape index (κ1) is 14.9. The Morgan fingerprint density at radius 2 is 2.11 bits per heavy atom. The van der Waals surface area contributed by atoms with Gasteiger partial charge >= 0.3 is 0 Å². The summed E-state index contributed by atoms with van der Waals surface area (Å²) in [6.45, 7) is 0.762. The molecule has 0 radical (unpaired) electrons. The van der Waals surface area contributed by atoms with Crippen LogP contribution in [0.4, 0.5) is 0 Å². The van der Waals surface area contributed by atoms with Crippen molar-refractivity contribution < 1.29 is 13.2 Å². The summed E-state index contributed by atoms with van der Waals surface area (Å²) >= 11 is 11.7. The highest BCUT2D eigenvalue weighted by molar-refractivity contribution is 7.87. The van der Waals surface area contributed by atoms with Gasteiger partial charge in [0.05, 0.1) is 16.6 Å². The van der Waals surface area contributed by atoms with Crippen LogP contribution in [0.25, 0.3) is 0 Å². The van der Waals surface area contributed by atoms with Gasteiger partial charge in [0.25, 0.3) is 10.2 Å². The number of benzene rings is 1. The van der Waals surface area contributed by atoms with Gasteiger partial charge in [0.15, 0.2) is 0 Å². The summed E-state index contributed by atoms with van der Waals surface area (Å²) in [4.78, 5) is 0. The fourth-order valence-corrected chi connectivity index (χ4v) is 3.14. The second-order valence-electron chi connectivity index (χ2n) is 4.17. The van der Waals surface area contributed by atoms with E-state index in [0.717, 1.165) is 0 Å². The Balaban J connectivity index is 2.00. The molecule has 5 nitrogen and oxygen atoms in total. The molecule has 1 heterocycles. The molecule has 8 heteroatoms. The highest BCUT2D eigenvalue weighted by atomic mass is 35.5. The Morgan fingerprint density at radius 1 is 1.37 bits per heavy atom. The smallest absolute Gasteiger partial charge is 0.279 e. The van der Waals surface area contributed by atoms with Crippen LogP contribution in [-0.4, -0.2) is 39.0 Å². The summed E-state index contributed by atoms with van der Waals surface area (Å²) in [5, 5.41) is 0.872. The average Bonchev–Trinajstić information content (AvgIpc) is 2.83. The van der Waals surface area contributed by atoms with Crippen molar-refractivity contribution in [3.8, 4) is 5.75 Å². The predicted molar refractivity (Wildman–Crippen MR) is 75.0 cm³/mol. The van der Waals surface area contributed by atoms with Crippen LogP contribution in [0, 0.1) is 0 Å². The number of ether oxygens (including phenoxy) is 1. The maximum atomic E-state index is 11.6. The molecular weight excluding hydrogens is 311 g/mol. The van der Waals surface area contributed by atoms with E-state index in [2.05, 4.69) is 4.72 Å². The Bertz CT molecular complexity index is 565. The van der Waals surface area contributed by atoms with E-state index in [9.17, 15) is 8.42 Å². The molecule has 106 valence electrons. The molecule has 0 aliphatic carbocycles. The Hall–Kier alpha value is -0.530. The van der Waals surface area contributed by atoms with Gasteiger partial charge in [-0.3, -0.25) is 0 Å². The van der Waals surface area contributed by atoms with Crippen LogP contribution in [-0.2, 0) is 10.2 Å².